The lowest BCUT2D eigenvalue weighted by Gasteiger charge is -2.17. The second kappa shape index (κ2) is 8.18. The van der Waals surface area contributed by atoms with Crippen LogP contribution in [-0.4, -0.2) is 49.0 Å². The van der Waals surface area contributed by atoms with Crippen molar-refractivity contribution in [3.05, 3.63) is 11.4 Å². The fraction of sp³-hybridized carbons (Fsp3) is 0.833. The van der Waals surface area contributed by atoms with Crippen LogP contribution in [-0.2, 0) is 22.3 Å². The molecule has 0 fully saturated rings. The Labute approximate surface area is 108 Å². The largest absolute Gasteiger partial charge is 0.384 e. The Morgan fingerprint density at radius 3 is 2.61 bits per heavy atom. The zero-order valence-corrected chi connectivity index (χ0v) is 11.6. The van der Waals surface area contributed by atoms with E-state index in [9.17, 15) is 0 Å². The zero-order valence-electron chi connectivity index (χ0n) is 11.6. The van der Waals surface area contributed by atoms with Crippen LogP contribution in [0.2, 0.25) is 0 Å². The second-order valence-electron chi connectivity index (χ2n) is 4.23. The molecule has 1 atom stereocenters. The quantitative estimate of drug-likeness (QED) is 0.699. The number of nitrogens with zero attached hydrogens (tertiary/aromatic N) is 3. The van der Waals surface area contributed by atoms with Crippen LogP contribution < -0.4 is 5.73 Å². The van der Waals surface area contributed by atoms with Crippen LogP contribution in [0.3, 0.4) is 0 Å². The van der Waals surface area contributed by atoms with Gasteiger partial charge in [-0.1, -0.05) is 12.1 Å². The molecular formula is C12H24N4O2. The van der Waals surface area contributed by atoms with Crippen molar-refractivity contribution < 1.29 is 9.47 Å². The third-order valence-electron chi connectivity index (χ3n) is 2.97. The molecule has 0 aliphatic carbocycles. The first-order chi connectivity index (χ1) is 8.78. The first-order valence-corrected chi connectivity index (χ1v) is 6.39. The Morgan fingerprint density at radius 2 is 2.06 bits per heavy atom. The van der Waals surface area contributed by atoms with Crippen LogP contribution >= 0.6 is 0 Å². The van der Waals surface area contributed by atoms with E-state index < -0.39 is 0 Å². The molecule has 0 saturated carbocycles. The van der Waals surface area contributed by atoms with E-state index in [1.165, 1.54) is 0 Å². The van der Waals surface area contributed by atoms with Crippen molar-refractivity contribution in [2.45, 2.75) is 32.2 Å². The van der Waals surface area contributed by atoms with E-state index in [-0.39, 0.29) is 6.04 Å². The highest BCUT2D eigenvalue weighted by molar-refractivity contribution is 5.12. The van der Waals surface area contributed by atoms with E-state index >= 15 is 0 Å². The summed E-state index contributed by atoms with van der Waals surface area (Å²) in [7, 11) is 3.40. The van der Waals surface area contributed by atoms with E-state index in [0.717, 1.165) is 30.7 Å². The number of aromatic nitrogens is 3. The topological polar surface area (TPSA) is 75.2 Å². The van der Waals surface area contributed by atoms with Gasteiger partial charge >= 0.3 is 0 Å². The minimum absolute atomic E-state index is 0.223. The van der Waals surface area contributed by atoms with Gasteiger partial charge in [-0.15, -0.1) is 5.10 Å². The first kappa shape index (κ1) is 15.1. The highest BCUT2D eigenvalue weighted by Crippen LogP contribution is 2.17. The van der Waals surface area contributed by atoms with Gasteiger partial charge in [-0.05, 0) is 13.0 Å². The summed E-state index contributed by atoms with van der Waals surface area (Å²) in [6.45, 7) is 4.00. The minimum atomic E-state index is 0.223. The first-order valence-electron chi connectivity index (χ1n) is 6.39. The summed E-state index contributed by atoms with van der Waals surface area (Å²) < 4.78 is 12.3. The van der Waals surface area contributed by atoms with Gasteiger partial charge in [0.1, 0.15) is 0 Å². The minimum Gasteiger partial charge on any atom is -0.384 e. The van der Waals surface area contributed by atoms with Gasteiger partial charge in [0.05, 0.1) is 30.6 Å². The summed E-state index contributed by atoms with van der Waals surface area (Å²) in [4.78, 5) is 0. The fourth-order valence-corrected chi connectivity index (χ4v) is 1.98. The van der Waals surface area contributed by atoms with Crippen LogP contribution in [0.25, 0.3) is 0 Å². The maximum absolute atomic E-state index is 5.60. The molecule has 0 bridgehead atoms. The molecule has 0 amide bonds. The number of ether oxygens (including phenoxy) is 2. The molecule has 0 radical (unpaired) electrons. The maximum Gasteiger partial charge on any atom is 0.0872 e. The molecule has 2 N–H and O–H groups in total. The Kier molecular flexibility index (Phi) is 6.85. The Morgan fingerprint density at radius 1 is 1.28 bits per heavy atom. The Bertz CT molecular complexity index is 341. The van der Waals surface area contributed by atoms with Gasteiger partial charge in [0.2, 0.25) is 0 Å². The SMILES string of the molecule is CCC(COC)n1nnc(CCN)c1CCOC. The van der Waals surface area contributed by atoms with Crippen LogP contribution in [0.5, 0.6) is 0 Å². The van der Waals surface area contributed by atoms with E-state index in [0.29, 0.717) is 19.8 Å². The zero-order chi connectivity index (χ0) is 13.4. The summed E-state index contributed by atoms with van der Waals surface area (Å²) in [5.41, 5.74) is 7.69. The van der Waals surface area contributed by atoms with Crippen molar-refractivity contribution in [1.29, 1.82) is 0 Å². The van der Waals surface area contributed by atoms with Crippen LogP contribution in [0.1, 0.15) is 30.8 Å². The third-order valence-corrected chi connectivity index (χ3v) is 2.97. The van der Waals surface area contributed by atoms with E-state index in [4.69, 9.17) is 15.2 Å². The third kappa shape index (κ3) is 3.76. The highest BCUT2D eigenvalue weighted by atomic mass is 16.5. The van der Waals surface area contributed by atoms with Crippen molar-refractivity contribution in [2.75, 3.05) is 34.0 Å². The summed E-state index contributed by atoms with van der Waals surface area (Å²) in [6, 6.07) is 0.223. The normalized spacial score (nSPS) is 12.9. The molecule has 1 rings (SSSR count). The van der Waals surface area contributed by atoms with Gasteiger partial charge in [-0.3, -0.25) is 0 Å². The monoisotopic (exact) mass is 256 g/mol. The van der Waals surface area contributed by atoms with Gasteiger partial charge in [0.25, 0.3) is 0 Å². The molecule has 0 aliphatic rings. The predicted molar refractivity (Wildman–Crippen MR) is 69.6 cm³/mol. The van der Waals surface area contributed by atoms with Gasteiger partial charge in [0, 0.05) is 27.1 Å². The van der Waals surface area contributed by atoms with E-state index in [1.54, 1.807) is 14.2 Å². The Hall–Kier alpha value is -0.980. The van der Waals surface area contributed by atoms with Crippen molar-refractivity contribution in [1.82, 2.24) is 15.0 Å². The standard InChI is InChI=1S/C12H24N4O2/c1-4-10(9-18-3)16-12(6-8-17-2)11(5-7-13)14-15-16/h10H,4-9,13H2,1-3H3. The van der Waals surface area contributed by atoms with Crippen molar-refractivity contribution in [2.24, 2.45) is 5.73 Å². The van der Waals surface area contributed by atoms with E-state index in [2.05, 4.69) is 17.2 Å². The van der Waals surface area contributed by atoms with Crippen LogP contribution in [0, 0.1) is 0 Å². The summed E-state index contributed by atoms with van der Waals surface area (Å²) in [5, 5.41) is 8.48. The van der Waals surface area contributed by atoms with Gasteiger partial charge in [-0.2, -0.15) is 0 Å². The molecule has 1 unspecified atom stereocenters. The average molecular weight is 256 g/mol. The average Bonchev–Trinajstić information content (AvgIpc) is 2.77. The lowest BCUT2D eigenvalue weighted by molar-refractivity contribution is 0.143. The number of nitrogens with two attached hydrogens (primary N) is 1. The lowest BCUT2D eigenvalue weighted by atomic mass is 10.1. The number of hydrogen-bond acceptors (Lipinski definition) is 5. The molecule has 0 saturated heterocycles. The van der Waals surface area contributed by atoms with Crippen molar-refractivity contribution in [3.8, 4) is 0 Å². The number of rotatable bonds is 9. The smallest absolute Gasteiger partial charge is 0.0872 e. The number of hydrogen-bond donors (Lipinski definition) is 1. The molecule has 0 spiro atoms. The summed E-state index contributed by atoms with van der Waals surface area (Å²) in [5.74, 6) is 0. The highest BCUT2D eigenvalue weighted by Gasteiger charge is 2.18. The second-order valence-corrected chi connectivity index (χ2v) is 4.23. The molecule has 18 heavy (non-hydrogen) atoms. The predicted octanol–water partition coefficient (Wildman–Crippen LogP) is 0.566. The van der Waals surface area contributed by atoms with Crippen LogP contribution in [0.15, 0.2) is 0 Å². The van der Waals surface area contributed by atoms with Crippen LogP contribution in [0.4, 0.5) is 0 Å². The number of methoxy groups -OCH3 is 2. The molecule has 104 valence electrons. The molecule has 6 heteroatoms. The molecular weight excluding hydrogens is 232 g/mol. The molecule has 1 aromatic rings. The molecule has 1 heterocycles. The molecule has 1 aromatic heterocycles. The molecule has 0 aliphatic heterocycles. The Balaban J connectivity index is 2.93. The van der Waals surface area contributed by atoms with Gasteiger partial charge < -0.3 is 15.2 Å². The summed E-state index contributed by atoms with van der Waals surface area (Å²) in [6.07, 6.45) is 2.51. The molecule has 6 nitrogen and oxygen atoms in total. The maximum atomic E-state index is 5.60. The van der Waals surface area contributed by atoms with Crippen molar-refractivity contribution >= 4 is 0 Å². The van der Waals surface area contributed by atoms with Crippen molar-refractivity contribution in [3.63, 3.8) is 0 Å². The fourth-order valence-electron chi connectivity index (χ4n) is 1.98. The molecule has 0 aromatic carbocycles. The lowest BCUT2D eigenvalue weighted by Crippen LogP contribution is -2.19. The summed E-state index contributed by atoms with van der Waals surface area (Å²) >= 11 is 0. The van der Waals surface area contributed by atoms with Gasteiger partial charge in [0.15, 0.2) is 0 Å². The van der Waals surface area contributed by atoms with Gasteiger partial charge in [-0.25, -0.2) is 4.68 Å². The van der Waals surface area contributed by atoms with E-state index in [1.807, 2.05) is 4.68 Å².